The van der Waals surface area contributed by atoms with E-state index in [2.05, 4.69) is 5.32 Å². The molecule has 0 aliphatic heterocycles. The predicted molar refractivity (Wildman–Crippen MR) is 120 cm³/mol. The summed E-state index contributed by atoms with van der Waals surface area (Å²) in [6.45, 7) is 0. The first-order valence-electron chi connectivity index (χ1n) is 9.20. The first kappa shape index (κ1) is 21.8. The van der Waals surface area contributed by atoms with Crippen LogP contribution in [-0.2, 0) is 12.8 Å². The molecule has 0 bridgehead atoms. The molecule has 0 atom stereocenters. The summed E-state index contributed by atoms with van der Waals surface area (Å²) < 4.78 is 10.5. The van der Waals surface area contributed by atoms with Crippen molar-refractivity contribution in [2.45, 2.75) is 12.8 Å². The predicted octanol–water partition coefficient (Wildman–Crippen LogP) is 6.24. The Morgan fingerprint density at radius 3 is 2.07 bits per heavy atom. The molecular formula is C23H21Cl2NO4. The van der Waals surface area contributed by atoms with Gasteiger partial charge >= 0.3 is 5.97 Å². The van der Waals surface area contributed by atoms with Gasteiger partial charge in [0.1, 0.15) is 0 Å². The molecular weight excluding hydrogens is 425 g/mol. The largest absolute Gasteiger partial charge is 0.493 e. The van der Waals surface area contributed by atoms with E-state index in [1.807, 2.05) is 36.4 Å². The van der Waals surface area contributed by atoms with Gasteiger partial charge in [-0.25, -0.2) is 4.79 Å². The number of halogens is 2. The smallest absolute Gasteiger partial charge is 0.337 e. The molecule has 2 N–H and O–H groups in total. The van der Waals surface area contributed by atoms with E-state index in [-0.39, 0.29) is 5.56 Å². The number of carbonyl (C=O) groups is 1. The molecule has 3 rings (SSSR count). The van der Waals surface area contributed by atoms with Crippen LogP contribution < -0.4 is 14.8 Å². The average molecular weight is 446 g/mol. The lowest BCUT2D eigenvalue weighted by molar-refractivity contribution is 0.0697. The highest BCUT2D eigenvalue weighted by molar-refractivity contribution is 6.42. The van der Waals surface area contributed by atoms with E-state index in [0.717, 1.165) is 29.7 Å². The van der Waals surface area contributed by atoms with Crippen LogP contribution >= 0.6 is 23.2 Å². The number of hydrogen-bond acceptors (Lipinski definition) is 4. The van der Waals surface area contributed by atoms with Crippen LogP contribution in [0.5, 0.6) is 11.5 Å². The zero-order chi connectivity index (χ0) is 21.7. The lowest BCUT2D eigenvalue weighted by Crippen LogP contribution is -2.05. The van der Waals surface area contributed by atoms with Crippen molar-refractivity contribution < 1.29 is 19.4 Å². The molecule has 0 aliphatic carbocycles. The number of aryl methyl sites for hydroxylation is 2. The monoisotopic (exact) mass is 445 g/mol. The maximum absolute atomic E-state index is 11.6. The van der Waals surface area contributed by atoms with Crippen molar-refractivity contribution in [2.75, 3.05) is 19.5 Å². The van der Waals surface area contributed by atoms with E-state index >= 15 is 0 Å². The second kappa shape index (κ2) is 9.74. The minimum absolute atomic E-state index is 0.0938. The van der Waals surface area contributed by atoms with Gasteiger partial charge in [0.2, 0.25) is 0 Å². The molecule has 156 valence electrons. The molecule has 5 nitrogen and oxygen atoms in total. The standard InChI is InChI=1S/C23H21Cl2NO4/c1-29-21-12-17(23(27)28)20(13-22(21)30-2)26-16-8-5-14(6-9-16)3-4-15-7-10-18(24)19(25)11-15/h5-13,26H,3-4H2,1-2H3,(H,27,28). The quantitative estimate of drug-likeness (QED) is 0.429. The molecule has 3 aromatic rings. The van der Waals surface area contributed by atoms with E-state index in [9.17, 15) is 9.90 Å². The Morgan fingerprint density at radius 1 is 0.867 bits per heavy atom. The number of hydrogen-bond donors (Lipinski definition) is 2. The fraction of sp³-hybridized carbons (Fsp3) is 0.174. The second-order valence-corrected chi connectivity index (χ2v) is 7.44. The van der Waals surface area contributed by atoms with Crippen molar-refractivity contribution >= 4 is 40.5 Å². The third-order valence-electron chi connectivity index (χ3n) is 4.67. The molecule has 0 spiro atoms. The number of ether oxygens (including phenoxy) is 2. The molecule has 0 saturated carbocycles. The molecule has 0 unspecified atom stereocenters. The Balaban J connectivity index is 1.73. The van der Waals surface area contributed by atoms with Gasteiger partial charge in [0.15, 0.2) is 11.5 Å². The van der Waals surface area contributed by atoms with Crippen LogP contribution in [0.15, 0.2) is 54.6 Å². The Hall–Kier alpha value is -2.89. The van der Waals surface area contributed by atoms with Gasteiger partial charge in [-0.2, -0.15) is 0 Å². The number of anilines is 2. The van der Waals surface area contributed by atoms with Gasteiger partial charge in [0.25, 0.3) is 0 Å². The average Bonchev–Trinajstić information content (AvgIpc) is 2.75. The minimum Gasteiger partial charge on any atom is -0.493 e. The van der Waals surface area contributed by atoms with Crippen LogP contribution in [-0.4, -0.2) is 25.3 Å². The van der Waals surface area contributed by atoms with Crippen molar-refractivity contribution in [1.82, 2.24) is 0 Å². The first-order chi connectivity index (χ1) is 14.4. The van der Waals surface area contributed by atoms with Crippen molar-refractivity contribution in [3.05, 3.63) is 81.3 Å². The second-order valence-electron chi connectivity index (χ2n) is 6.63. The fourth-order valence-electron chi connectivity index (χ4n) is 3.05. The zero-order valence-corrected chi connectivity index (χ0v) is 18.1. The maximum atomic E-state index is 11.6. The van der Waals surface area contributed by atoms with E-state index in [4.69, 9.17) is 32.7 Å². The van der Waals surface area contributed by atoms with Crippen LogP contribution in [0.2, 0.25) is 10.0 Å². The van der Waals surface area contributed by atoms with Gasteiger partial charge in [-0.3, -0.25) is 0 Å². The summed E-state index contributed by atoms with van der Waals surface area (Å²) in [5.74, 6) is -0.252. The molecule has 0 aromatic heterocycles. The topological polar surface area (TPSA) is 67.8 Å². The molecule has 0 saturated heterocycles. The summed E-state index contributed by atoms with van der Waals surface area (Å²) in [6.07, 6.45) is 1.68. The van der Waals surface area contributed by atoms with Gasteiger partial charge in [-0.15, -0.1) is 0 Å². The molecule has 7 heteroatoms. The normalized spacial score (nSPS) is 10.5. The highest BCUT2D eigenvalue weighted by atomic mass is 35.5. The summed E-state index contributed by atoms with van der Waals surface area (Å²) in [5, 5.41) is 13.8. The van der Waals surface area contributed by atoms with Crippen LogP contribution in [0, 0.1) is 0 Å². The number of nitrogens with one attached hydrogen (secondary N) is 1. The van der Waals surface area contributed by atoms with Crippen molar-refractivity contribution in [2.24, 2.45) is 0 Å². The lowest BCUT2D eigenvalue weighted by Gasteiger charge is -2.14. The van der Waals surface area contributed by atoms with E-state index < -0.39 is 5.97 Å². The minimum atomic E-state index is -1.06. The van der Waals surface area contributed by atoms with Crippen LogP contribution in [0.3, 0.4) is 0 Å². The van der Waals surface area contributed by atoms with Crippen LogP contribution in [0.4, 0.5) is 11.4 Å². The zero-order valence-electron chi connectivity index (χ0n) is 16.5. The Labute approximate surface area is 185 Å². The SMILES string of the molecule is COc1cc(Nc2ccc(CCc3ccc(Cl)c(Cl)c3)cc2)c(C(=O)O)cc1OC. The van der Waals surface area contributed by atoms with Crippen LogP contribution in [0.1, 0.15) is 21.5 Å². The molecule has 0 aliphatic rings. The fourth-order valence-corrected chi connectivity index (χ4v) is 3.37. The van der Waals surface area contributed by atoms with Crippen molar-refractivity contribution in [3.63, 3.8) is 0 Å². The first-order valence-corrected chi connectivity index (χ1v) is 9.96. The third-order valence-corrected chi connectivity index (χ3v) is 5.41. The summed E-state index contributed by atoms with van der Waals surface area (Å²) in [4.78, 5) is 11.6. The van der Waals surface area contributed by atoms with Gasteiger partial charge in [0.05, 0.1) is 35.5 Å². The maximum Gasteiger partial charge on any atom is 0.337 e. The summed E-state index contributed by atoms with van der Waals surface area (Å²) in [6, 6.07) is 16.5. The van der Waals surface area contributed by atoms with E-state index in [1.165, 1.54) is 20.3 Å². The summed E-state index contributed by atoms with van der Waals surface area (Å²) in [7, 11) is 2.97. The number of benzene rings is 3. The Kier molecular flexibility index (Phi) is 7.08. The molecule has 0 fully saturated rings. The highest BCUT2D eigenvalue weighted by Crippen LogP contribution is 2.35. The molecule has 0 heterocycles. The number of aromatic carboxylic acids is 1. The lowest BCUT2D eigenvalue weighted by atomic mass is 10.0. The van der Waals surface area contributed by atoms with Crippen molar-refractivity contribution in [3.8, 4) is 11.5 Å². The number of methoxy groups -OCH3 is 2. The molecule has 0 amide bonds. The van der Waals surface area contributed by atoms with Crippen LogP contribution in [0.25, 0.3) is 0 Å². The van der Waals surface area contributed by atoms with Gasteiger partial charge in [0, 0.05) is 17.8 Å². The number of carboxylic acids is 1. The third kappa shape index (κ3) is 5.17. The van der Waals surface area contributed by atoms with E-state index in [1.54, 1.807) is 12.1 Å². The summed E-state index contributed by atoms with van der Waals surface area (Å²) in [5.41, 5.74) is 3.54. The van der Waals surface area contributed by atoms with Gasteiger partial charge in [-0.1, -0.05) is 41.4 Å². The molecule has 30 heavy (non-hydrogen) atoms. The van der Waals surface area contributed by atoms with Crippen molar-refractivity contribution in [1.29, 1.82) is 0 Å². The number of rotatable bonds is 8. The summed E-state index contributed by atoms with van der Waals surface area (Å²) >= 11 is 12.0. The number of carboxylic acid groups (broad SMARTS) is 1. The highest BCUT2D eigenvalue weighted by Gasteiger charge is 2.16. The van der Waals surface area contributed by atoms with E-state index in [0.29, 0.717) is 27.2 Å². The van der Waals surface area contributed by atoms with Gasteiger partial charge < -0.3 is 19.9 Å². The molecule has 3 aromatic carbocycles. The molecule has 0 radical (unpaired) electrons. The Bertz CT molecular complexity index is 1050. The Morgan fingerprint density at radius 2 is 1.47 bits per heavy atom. The van der Waals surface area contributed by atoms with Gasteiger partial charge in [-0.05, 0) is 48.2 Å².